The molecule has 0 saturated carbocycles. The Labute approximate surface area is 158 Å². The van der Waals surface area contributed by atoms with Crippen molar-refractivity contribution in [3.05, 3.63) is 59.2 Å². The van der Waals surface area contributed by atoms with E-state index in [2.05, 4.69) is 5.32 Å². The van der Waals surface area contributed by atoms with E-state index in [1.807, 2.05) is 39.0 Å². The largest absolute Gasteiger partial charge is 0.326 e. The number of carbonyl (C=O) groups excluding carboxylic acids is 2. The number of hydrogen-bond donors (Lipinski definition) is 1. The minimum Gasteiger partial charge on any atom is -0.326 e. The van der Waals surface area contributed by atoms with Crippen LogP contribution in [-0.4, -0.2) is 18.4 Å². The van der Waals surface area contributed by atoms with Crippen molar-refractivity contribution in [3.63, 3.8) is 0 Å². The van der Waals surface area contributed by atoms with Crippen LogP contribution < -0.4 is 10.2 Å². The molecule has 2 amide bonds. The van der Waals surface area contributed by atoms with Crippen LogP contribution in [0.4, 0.5) is 20.2 Å². The molecular weight excluding hydrogens is 350 g/mol. The van der Waals surface area contributed by atoms with Crippen LogP contribution in [0.1, 0.15) is 44.2 Å². The predicted molar refractivity (Wildman–Crippen MR) is 103 cm³/mol. The van der Waals surface area contributed by atoms with E-state index in [4.69, 9.17) is 0 Å². The number of carbonyl (C=O) groups is 2. The Morgan fingerprint density at radius 2 is 1.67 bits per heavy atom. The van der Waals surface area contributed by atoms with Crippen LogP contribution in [0.3, 0.4) is 0 Å². The van der Waals surface area contributed by atoms with Crippen molar-refractivity contribution in [1.82, 2.24) is 0 Å². The minimum absolute atomic E-state index is 0.0841. The van der Waals surface area contributed by atoms with Crippen molar-refractivity contribution in [2.75, 3.05) is 16.8 Å². The first-order chi connectivity index (χ1) is 12.7. The molecule has 0 fully saturated rings. The third kappa shape index (κ3) is 4.90. The van der Waals surface area contributed by atoms with Gasteiger partial charge in [0.1, 0.15) is 17.3 Å². The highest BCUT2D eigenvalue weighted by Crippen LogP contribution is 2.28. The lowest BCUT2D eigenvalue weighted by atomic mass is 9.98. The second-order valence-electron chi connectivity index (χ2n) is 6.73. The van der Waals surface area contributed by atoms with E-state index in [1.165, 1.54) is 13.0 Å². The van der Waals surface area contributed by atoms with Crippen molar-refractivity contribution in [2.45, 2.75) is 40.0 Å². The van der Waals surface area contributed by atoms with E-state index < -0.39 is 23.2 Å². The molecule has 0 heterocycles. The third-order valence-corrected chi connectivity index (χ3v) is 4.34. The van der Waals surface area contributed by atoms with Gasteiger partial charge < -0.3 is 10.2 Å². The SMILES string of the molecule is CC(=O)N(CCC(=O)Nc1c(C)cccc1C(C)C)c1c(F)cccc1F. The molecule has 0 radical (unpaired) electrons. The van der Waals surface area contributed by atoms with Gasteiger partial charge in [-0.05, 0) is 36.1 Å². The van der Waals surface area contributed by atoms with Crippen molar-refractivity contribution < 1.29 is 18.4 Å². The summed E-state index contributed by atoms with van der Waals surface area (Å²) in [6.07, 6.45) is -0.0841. The first-order valence-electron chi connectivity index (χ1n) is 8.83. The molecule has 0 aliphatic heterocycles. The fourth-order valence-electron chi connectivity index (χ4n) is 2.93. The summed E-state index contributed by atoms with van der Waals surface area (Å²) in [7, 11) is 0. The predicted octanol–water partition coefficient (Wildman–Crippen LogP) is 4.78. The number of halogens is 2. The molecule has 2 aromatic carbocycles. The standard InChI is InChI=1S/C21H24F2N2O2/c1-13(2)16-8-5-7-14(3)20(16)24-19(27)11-12-25(15(4)26)21-17(22)9-6-10-18(21)23/h5-10,13H,11-12H2,1-4H3,(H,24,27). The maximum Gasteiger partial charge on any atom is 0.226 e. The molecule has 0 atom stereocenters. The summed E-state index contributed by atoms with van der Waals surface area (Å²) in [5.74, 6) is -2.32. The Morgan fingerprint density at radius 3 is 2.22 bits per heavy atom. The summed E-state index contributed by atoms with van der Waals surface area (Å²) in [6, 6.07) is 9.17. The molecule has 0 saturated heterocycles. The molecule has 27 heavy (non-hydrogen) atoms. The number of nitrogens with zero attached hydrogens (tertiary/aromatic N) is 1. The van der Waals surface area contributed by atoms with Crippen LogP contribution in [0.15, 0.2) is 36.4 Å². The average molecular weight is 374 g/mol. The molecule has 0 aliphatic carbocycles. The number of nitrogens with one attached hydrogen (secondary N) is 1. The lowest BCUT2D eigenvalue weighted by Gasteiger charge is -2.22. The zero-order valence-electron chi connectivity index (χ0n) is 16.0. The monoisotopic (exact) mass is 374 g/mol. The number of rotatable bonds is 6. The summed E-state index contributed by atoms with van der Waals surface area (Å²) in [5, 5.41) is 2.87. The number of anilines is 2. The summed E-state index contributed by atoms with van der Waals surface area (Å²) in [6.45, 7) is 7.05. The van der Waals surface area contributed by atoms with Crippen molar-refractivity contribution in [3.8, 4) is 0 Å². The fraction of sp³-hybridized carbons (Fsp3) is 0.333. The molecule has 6 heteroatoms. The maximum absolute atomic E-state index is 14.0. The molecule has 0 unspecified atom stereocenters. The number of aryl methyl sites for hydroxylation is 1. The molecule has 0 bridgehead atoms. The van der Waals surface area contributed by atoms with Gasteiger partial charge in [0.05, 0.1) is 0 Å². The van der Waals surface area contributed by atoms with E-state index in [-0.39, 0.29) is 24.8 Å². The minimum atomic E-state index is -0.841. The molecule has 144 valence electrons. The first-order valence-corrected chi connectivity index (χ1v) is 8.83. The Hall–Kier alpha value is -2.76. The van der Waals surface area contributed by atoms with Crippen molar-refractivity contribution in [2.24, 2.45) is 0 Å². The topological polar surface area (TPSA) is 49.4 Å². The first kappa shape index (κ1) is 20.6. The molecule has 2 rings (SSSR count). The van der Waals surface area contributed by atoms with Gasteiger partial charge in [0.2, 0.25) is 11.8 Å². The summed E-state index contributed by atoms with van der Waals surface area (Å²) in [4.78, 5) is 25.3. The van der Waals surface area contributed by atoms with Gasteiger partial charge in [-0.1, -0.05) is 38.1 Å². The molecule has 0 aliphatic rings. The number of hydrogen-bond acceptors (Lipinski definition) is 2. The molecular formula is C21H24F2N2O2. The Morgan fingerprint density at radius 1 is 1.07 bits per heavy atom. The number of amides is 2. The Kier molecular flexibility index (Phi) is 6.66. The van der Waals surface area contributed by atoms with Gasteiger partial charge in [-0.15, -0.1) is 0 Å². The van der Waals surface area contributed by atoms with Crippen LogP contribution in [0, 0.1) is 18.6 Å². The molecule has 0 spiro atoms. The maximum atomic E-state index is 14.0. The highest BCUT2D eigenvalue weighted by Gasteiger charge is 2.21. The van der Waals surface area contributed by atoms with E-state index in [1.54, 1.807) is 0 Å². The molecule has 0 aromatic heterocycles. The Balaban J connectivity index is 2.16. The Bertz CT molecular complexity index is 830. The second kappa shape index (κ2) is 8.75. The lowest BCUT2D eigenvalue weighted by molar-refractivity contribution is -0.117. The van der Waals surface area contributed by atoms with Gasteiger partial charge >= 0.3 is 0 Å². The van der Waals surface area contributed by atoms with Crippen molar-refractivity contribution >= 4 is 23.2 Å². The number of para-hydroxylation sites is 2. The lowest BCUT2D eigenvalue weighted by Crippen LogP contribution is -2.33. The summed E-state index contributed by atoms with van der Waals surface area (Å²) in [5.41, 5.74) is 2.24. The van der Waals surface area contributed by atoms with Crippen LogP contribution in [0.2, 0.25) is 0 Å². The average Bonchev–Trinajstić information content (AvgIpc) is 2.58. The number of benzene rings is 2. The highest BCUT2D eigenvalue weighted by molar-refractivity contribution is 5.95. The normalized spacial score (nSPS) is 10.8. The molecule has 1 N–H and O–H groups in total. The van der Waals surface area contributed by atoms with Crippen LogP contribution in [0.5, 0.6) is 0 Å². The smallest absolute Gasteiger partial charge is 0.226 e. The van der Waals surface area contributed by atoms with Gasteiger partial charge in [0.25, 0.3) is 0 Å². The van der Waals surface area contributed by atoms with E-state index in [0.717, 1.165) is 33.8 Å². The summed E-state index contributed by atoms with van der Waals surface area (Å²) >= 11 is 0. The van der Waals surface area contributed by atoms with E-state index in [0.29, 0.717) is 0 Å². The highest BCUT2D eigenvalue weighted by atomic mass is 19.1. The van der Waals surface area contributed by atoms with Gasteiger partial charge in [0, 0.05) is 25.6 Å². The summed E-state index contributed by atoms with van der Waals surface area (Å²) < 4.78 is 28.0. The van der Waals surface area contributed by atoms with Gasteiger partial charge in [-0.3, -0.25) is 9.59 Å². The quantitative estimate of drug-likeness (QED) is 0.791. The van der Waals surface area contributed by atoms with Crippen LogP contribution in [-0.2, 0) is 9.59 Å². The molecule has 4 nitrogen and oxygen atoms in total. The van der Waals surface area contributed by atoms with Gasteiger partial charge in [-0.25, -0.2) is 8.78 Å². The molecule has 2 aromatic rings. The third-order valence-electron chi connectivity index (χ3n) is 4.34. The second-order valence-corrected chi connectivity index (χ2v) is 6.73. The fourth-order valence-corrected chi connectivity index (χ4v) is 2.93. The zero-order chi connectivity index (χ0) is 20.1. The van der Waals surface area contributed by atoms with E-state index >= 15 is 0 Å². The van der Waals surface area contributed by atoms with E-state index in [9.17, 15) is 18.4 Å². The van der Waals surface area contributed by atoms with Gasteiger partial charge in [0.15, 0.2) is 0 Å². The van der Waals surface area contributed by atoms with Gasteiger partial charge in [-0.2, -0.15) is 0 Å². The zero-order valence-corrected chi connectivity index (χ0v) is 16.0. The van der Waals surface area contributed by atoms with Crippen LogP contribution in [0.25, 0.3) is 0 Å². The van der Waals surface area contributed by atoms with Crippen molar-refractivity contribution in [1.29, 1.82) is 0 Å². The van der Waals surface area contributed by atoms with Crippen LogP contribution >= 0.6 is 0 Å².